The summed E-state index contributed by atoms with van der Waals surface area (Å²) in [7, 11) is 0. The van der Waals surface area contributed by atoms with E-state index in [2.05, 4.69) is 27.5 Å². The zero-order chi connectivity index (χ0) is 20.6. The highest BCUT2D eigenvalue weighted by Gasteiger charge is 2.35. The van der Waals surface area contributed by atoms with Crippen LogP contribution in [0.1, 0.15) is 36.8 Å². The van der Waals surface area contributed by atoms with Crippen LogP contribution in [0.5, 0.6) is 0 Å². The van der Waals surface area contributed by atoms with Gasteiger partial charge in [-0.25, -0.2) is 9.67 Å². The number of carbonyl (C=O) groups is 1. The molecule has 8 nitrogen and oxygen atoms in total. The number of aryl methyl sites for hydroxylation is 2. The molecule has 0 radical (unpaired) electrons. The maximum atomic E-state index is 12.9. The van der Waals surface area contributed by atoms with Crippen LogP contribution < -0.4 is 10.9 Å². The van der Waals surface area contributed by atoms with E-state index in [9.17, 15) is 14.9 Å². The fourth-order valence-electron chi connectivity index (χ4n) is 4.03. The smallest absolute Gasteiger partial charge is 0.264 e. The Kier molecular flexibility index (Phi) is 4.66. The number of hydrogen-bond acceptors (Lipinski definition) is 5. The molecule has 0 bridgehead atoms. The van der Waals surface area contributed by atoms with E-state index in [-0.39, 0.29) is 18.0 Å². The van der Waals surface area contributed by atoms with Gasteiger partial charge < -0.3 is 5.32 Å². The molecule has 1 aliphatic rings. The van der Waals surface area contributed by atoms with Crippen molar-refractivity contribution >= 4 is 16.9 Å². The molecule has 8 heteroatoms. The lowest BCUT2D eigenvalue weighted by Crippen LogP contribution is -2.47. The first-order chi connectivity index (χ1) is 13.9. The molecule has 1 amide bonds. The highest BCUT2D eigenvalue weighted by Crippen LogP contribution is 2.28. The van der Waals surface area contributed by atoms with Crippen LogP contribution >= 0.6 is 0 Å². The number of amides is 1. The molecule has 148 valence electrons. The van der Waals surface area contributed by atoms with Crippen molar-refractivity contribution in [3.63, 3.8) is 0 Å². The molecule has 2 heterocycles. The third-order valence-corrected chi connectivity index (χ3v) is 5.37. The zero-order valence-electron chi connectivity index (χ0n) is 16.5. The normalized spacial score (nSPS) is 15.3. The molecule has 4 rings (SSSR count). The number of nitrogens with one attached hydrogen (secondary N) is 1. The number of nitrogens with zero attached hydrogens (tertiary/aromatic N) is 5. The monoisotopic (exact) mass is 390 g/mol. The Morgan fingerprint density at radius 3 is 2.59 bits per heavy atom. The minimum absolute atomic E-state index is 0.181. The topological polar surface area (TPSA) is 106 Å². The lowest BCUT2D eigenvalue weighted by atomic mass is 10.00. The molecule has 0 spiro atoms. The van der Waals surface area contributed by atoms with Crippen LogP contribution in [0.25, 0.3) is 16.7 Å². The molecule has 0 saturated heterocycles. The molecule has 1 aliphatic carbocycles. The largest absolute Gasteiger partial charge is 0.336 e. The van der Waals surface area contributed by atoms with Gasteiger partial charge in [-0.1, -0.05) is 6.07 Å². The van der Waals surface area contributed by atoms with Gasteiger partial charge in [-0.15, -0.1) is 0 Å². The second-order valence-corrected chi connectivity index (χ2v) is 7.77. The number of carbonyl (C=O) groups excluding carboxylic acids is 1. The van der Waals surface area contributed by atoms with Gasteiger partial charge >= 0.3 is 0 Å². The van der Waals surface area contributed by atoms with E-state index in [1.165, 1.54) is 17.1 Å². The summed E-state index contributed by atoms with van der Waals surface area (Å²) in [6, 6.07) is 8.23. The van der Waals surface area contributed by atoms with Crippen molar-refractivity contribution in [1.29, 1.82) is 5.26 Å². The van der Waals surface area contributed by atoms with Gasteiger partial charge in [0.05, 0.1) is 18.0 Å². The lowest BCUT2D eigenvalue weighted by Gasteiger charge is -2.22. The van der Waals surface area contributed by atoms with Gasteiger partial charge in [-0.3, -0.25) is 14.2 Å². The molecule has 0 aliphatic heterocycles. The van der Waals surface area contributed by atoms with E-state index in [4.69, 9.17) is 0 Å². The second-order valence-electron chi connectivity index (χ2n) is 7.77. The Balaban J connectivity index is 1.63. The molecule has 1 N–H and O–H groups in total. The molecular weight excluding hydrogens is 368 g/mol. The van der Waals surface area contributed by atoms with Gasteiger partial charge in [0, 0.05) is 0 Å². The molecule has 2 aromatic heterocycles. The average Bonchev–Trinajstić information content (AvgIpc) is 3.31. The number of fused-ring (bicyclic) bond motifs is 1. The first-order valence-corrected chi connectivity index (χ1v) is 9.65. The van der Waals surface area contributed by atoms with Crippen LogP contribution in [0.2, 0.25) is 0 Å². The first kappa shape index (κ1) is 18.9. The minimum atomic E-state index is -0.813. The third-order valence-electron chi connectivity index (χ3n) is 5.37. The van der Waals surface area contributed by atoms with Gasteiger partial charge in [-0.2, -0.15) is 10.4 Å². The Hall–Kier alpha value is -3.47. The summed E-state index contributed by atoms with van der Waals surface area (Å²) in [5, 5.41) is 16.9. The molecule has 1 saturated carbocycles. The zero-order valence-corrected chi connectivity index (χ0v) is 16.5. The molecule has 29 heavy (non-hydrogen) atoms. The van der Waals surface area contributed by atoms with Gasteiger partial charge in [0.2, 0.25) is 5.91 Å². The lowest BCUT2D eigenvalue weighted by molar-refractivity contribution is -0.123. The Labute approximate surface area is 167 Å². The fraction of sp³-hybridized carbons (Fsp3) is 0.381. The van der Waals surface area contributed by atoms with Gasteiger partial charge in [0.1, 0.15) is 23.8 Å². The summed E-state index contributed by atoms with van der Waals surface area (Å²) in [5.41, 5.74) is 2.31. The van der Waals surface area contributed by atoms with E-state index in [0.717, 1.165) is 29.7 Å². The van der Waals surface area contributed by atoms with E-state index in [0.29, 0.717) is 23.9 Å². The van der Waals surface area contributed by atoms with Crippen molar-refractivity contribution < 1.29 is 4.79 Å². The molecule has 1 aromatic carbocycles. The quantitative estimate of drug-likeness (QED) is 0.735. The van der Waals surface area contributed by atoms with Crippen LogP contribution in [-0.4, -0.2) is 30.8 Å². The highest BCUT2D eigenvalue weighted by molar-refractivity contribution is 5.78. The molecule has 1 fully saturated rings. The van der Waals surface area contributed by atoms with Gasteiger partial charge in [0.15, 0.2) is 5.65 Å². The number of nitriles is 1. The standard InChI is InChI=1S/C21H22N6O2/c1-14-7-15(2)9-16(8-14)27-19-17(10-24-27)20(29)26(13-23-19)11-18(28)25-21(12-22)5-3-4-6-21/h7-10,13H,3-6,11H2,1-2H3,(H,25,28). The maximum absolute atomic E-state index is 12.9. The van der Waals surface area contributed by atoms with Crippen LogP contribution in [0, 0.1) is 25.2 Å². The number of hydrogen-bond donors (Lipinski definition) is 1. The SMILES string of the molecule is Cc1cc(C)cc(-n2ncc3c(=O)n(CC(=O)NC4(C#N)CCCC4)cnc32)c1. The molecular formula is C21H22N6O2. The Morgan fingerprint density at radius 2 is 1.93 bits per heavy atom. The van der Waals surface area contributed by atoms with E-state index < -0.39 is 5.54 Å². The van der Waals surface area contributed by atoms with Crippen LogP contribution in [0.15, 0.2) is 35.5 Å². The summed E-state index contributed by atoms with van der Waals surface area (Å²) in [4.78, 5) is 29.7. The summed E-state index contributed by atoms with van der Waals surface area (Å²) < 4.78 is 2.88. The van der Waals surface area contributed by atoms with Crippen molar-refractivity contribution in [2.75, 3.05) is 0 Å². The second kappa shape index (κ2) is 7.17. The first-order valence-electron chi connectivity index (χ1n) is 9.65. The number of benzene rings is 1. The highest BCUT2D eigenvalue weighted by atomic mass is 16.2. The predicted octanol–water partition coefficient (Wildman–Crippen LogP) is 2.15. The third kappa shape index (κ3) is 3.51. The fourth-order valence-corrected chi connectivity index (χ4v) is 4.03. The Morgan fingerprint density at radius 1 is 1.24 bits per heavy atom. The molecule has 3 aromatic rings. The van der Waals surface area contributed by atoms with Gasteiger partial charge in [-0.05, 0) is 62.8 Å². The van der Waals surface area contributed by atoms with E-state index in [1.807, 2.05) is 26.0 Å². The van der Waals surface area contributed by atoms with Crippen LogP contribution in [-0.2, 0) is 11.3 Å². The summed E-state index contributed by atoms with van der Waals surface area (Å²) in [6.07, 6.45) is 5.95. The van der Waals surface area contributed by atoms with Crippen molar-refractivity contribution in [3.8, 4) is 11.8 Å². The van der Waals surface area contributed by atoms with Crippen molar-refractivity contribution in [2.24, 2.45) is 0 Å². The maximum Gasteiger partial charge on any atom is 0.264 e. The van der Waals surface area contributed by atoms with E-state index in [1.54, 1.807) is 4.68 Å². The predicted molar refractivity (Wildman–Crippen MR) is 108 cm³/mol. The number of aromatic nitrogens is 4. The van der Waals surface area contributed by atoms with Gasteiger partial charge in [0.25, 0.3) is 5.56 Å². The molecule has 0 unspecified atom stereocenters. The van der Waals surface area contributed by atoms with Crippen molar-refractivity contribution in [3.05, 3.63) is 52.2 Å². The van der Waals surface area contributed by atoms with Crippen LogP contribution in [0.4, 0.5) is 0 Å². The minimum Gasteiger partial charge on any atom is -0.336 e. The average molecular weight is 390 g/mol. The molecule has 0 atom stereocenters. The van der Waals surface area contributed by atoms with Crippen LogP contribution in [0.3, 0.4) is 0 Å². The van der Waals surface area contributed by atoms with Crippen molar-refractivity contribution in [1.82, 2.24) is 24.6 Å². The Bertz CT molecular complexity index is 1170. The summed E-state index contributed by atoms with van der Waals surface area (Å²) in [5.74, 6) is -0.363. The summed E-state index contributed by atoms with van der Waals surface area (Å²) >= 11 is 0. The van der Waals surface area contributed by atoms with Crippen molar-refractivity contribution in [2.45, 2.75) is 51.6 Å². The van der Waals surface area contributed by atoms with E-state index >= 15 is 0 Å². The summed E-state index contributed by atoms with van der Waals surface area (Å²) in [6.45, 7) is 3.82. The number of rotatable bonds is 4.